The van der Waals surface area contributed by atoms with Crippen molar-refractivity contribution in [2.45, 2.75) is 76.9 Å². The number of hydrogen-bond acceptors (Lipinski definition) is 2. The molecule has 1 fully saturated rings. The molecule has 0 amide bonds. The monoisotopic (exact) mass is 214 g/mol. The van der Waals surface area contributed by atoms with Gasteiger partial charge in [-0.3, -0.25) is 0 Å². The molecule has 2 heteroatoms. The van der Waals surface area contributed by atoms with E-state index in [4.69, 9.17) is 4.74 Å². The minimum Gasteiger partial charge on any atom is -0.390 e. The molecule has 0 aromatic heterocycles. The topological polar surface area (TPSA) is 29.5 Å². The van der Waals surface area contributed by atoms with E-state index in [1.807, 2.05) is 0 Å². The van der Waals surface area contributed by atoms with Gasteiger partial charge in [-0.15, -0.1) is 0 Å². The molecular formula is C13H26O2. The number of unbranched alkanes of at least 4 members (excludes halogenated alkanes) is 2. The smallest absolute Gasteiger partial charge is 0.0694 e. The third-order valence-electron chi connectivity index (χ3n) is 3.38. The predicted octanol–water partition coefficient (Wildman–Crippen LogP) is 3.28. The minimum atomic E-state index is -0.423. The van der Waals surface area contributed by atoms with Crippen molar-refractivity contribution < 1.29 is 9.84 Å². The molecule has 0 spiro atoms. The van der Waals surface area contributed by atoms with Crippen LogP contribution >= 0.6 is 0 Å². The van der Waals surface area contributed by atoms with Gasteiger partial charge in [-0.25, -0.2) is 0 Å². The van der Waals surface area contributed by atoms with Gasteiger partial charge < -0.3 is 9.84 Å². The normalized spacial score (nSPS) is 31.8. The molecule has 90 valence electrons. The first kappa shape index (κ1) is 13.0. The van der Waals surface area contributed by atoms with Crippen LogP contribution in [0.3, 0.4) is 0 Å². The van der Waals surface area contributed by atoms with Crippen molar-refractivity contribution in [2.75, 3.05) is 6.61 Å². The maximum absolute atomic E-state index is 10.4. The highest BCUT2D eigenvalue weighted by Crippen LogP contribution is 2.31. The molecule has 15 heavy (non-hydrogen) atoms. The van der Waals surface area contributed by atoms with Crippen LogP contribution in [0.1, 0.15) is 65.2 Å². The van der Waals surface area contributed by atoms with Crippen LogP contribution in [0.4, 0.5) is 0 Å². The molecule has 2 unspecified atom stereocenters. The molecule has 0 aliphatic carbocycles. The van der Waals surface area contributed by atoms with Crippen LogP contribution in [0.15, 0.2) is 0 Å². The summed E-state index contributed by atoms with van der Waals surface area (Å²) < 4.78 is 5.66. The Labute approximate surface area is 94.0 Å². The Morgan fingerprint density at radius 1 is 1.27 bits per heavy atom. The van der Waals surface area contributed by atoms with E-state index in [0.717, 1.165) is 45.1 Å². The Morgan fingerprint density at radius 2 is 2.07 bits per heavy atom. The second-order valence-electron chi connectivity index (χ2n) is 4.92. The summed E-state index contributed by atoms with van der Waals surface area (Å²) in [7, 11) is 0. The van der Waals surface area contributed by atoms with Gasteiger partial charge in [0, 0.05) is 13.0 Å². The van der Waals surface area contributed by atoms with Crippen molar-refractivity contribution in [1.82, 2.24) is 0 Å². The third kappa shape index (κ3) is 4.52. The summed E-state index contributed by atoms with van der Waals surface area (Å²) in [4.78, 5) is 0. The Bertz CT molecular complexity index is 168. The van der Waals surface area contributed by atoms with E-state index < -0.39 is 5.60 Å². The number of aliphatic hydroxyl groups is 1. The number of ether oxygens (including phenoxy) is 1. The highest BCUT2D eigenvalue weighted by molar-refractivity contribution is 4.85. The van der Waals surface area contributed by atoms with Gasteiger partial charge in [0.2, 0.25) is 0 Å². The SMILES string of the molecule is CCCCCC1(O)CCOC(CCC)C1. The molecule has 1 aliphatic rings. The summed E-state index contributed by atoms with van der Waals surface area (Å²) in [6, 6.07) is 0. The quantitative estimate of drug-likeness (QED) is 0.688. The van der Waals surface area contributed by atoms with E-state index in [1.165, 1.54) is 12.8 Å². The lowest BCUT2D eigenvalue weighted by molar-refractivity contribution is -0.109. The van der Waals surface area contributed by atoms with E-state index in [9.17, 15) is 5.11 Å². The summed E-state index contributed by atoms with van der Waals surface area (Å²) >= 11 is 0. The fourth-order valence-electron chi connectivity index (χ4n) is 2.44. The highest BCUT2D eigenvalue weighted by Gasteiger charge is 2.33. The Morgan fingerprint density at radius 3 is 2.73 bits per heavy atom. The van der Waals surface area contributed by atoms with Crippen molar-refractivity contribution in [3.8, 4) is 0 Å². The van der Waals surface area contributed by atoms with E-state index in [2.05, 4.69) is 13.8 Å². The van der Waals surface area contributed by atoms with E-state index >= 15 is 0 Å². The standard InChI is InChI=1S/C13H26O2/c1-3-5-6-8-13(14)9-10-15-12(11-13)7-4-2/h12,14H,3-11H2,1-2H3. The van der Waals surface area contributed by atoms with E-state index in [-0.39, 0.29) is 0 Å². The molecule has 1 N–H and O–H groups in total. The van der Waals surface area contributed by atoms with Gasteiger partial charge in [-0.1, -0.05) is 39.5 Å². The fourth-order valence-corrected chi connectivity index (χ4v) is 2.44. The zero-order valence-electron chi connectivity index (χ0n) is 10.3. The van der Waals surface area contributed by atoms with Crippen LogP contribution in [-0.4, -0.2) is 23.4 Å². The lowest BCUT2D eigenvalue weighted by Crippen LogP contribution is -2.40. The molecule has 1 rings (SSSR count). The average Bonchev–Trinajstić information content (AvgIpc) is 2.18. The summed E-state index contributed by atoms with van der Waals surface area (Å²) in [5.41, 5.74) is -0.423. The van der Waals surface area contributed by atoms with Gasteiger partial charge >= 0.3 is 0 Å². The molecule has 2 nitrogen and oxygen atoms in total. The first-order valence-corrected chi connectivity index (χ1v) is 6.54. The van der Waals surface area contributed by atoms with Gasteiger partial charge in [0.15, 0.2) is 0 Å². The summed E-state index contributed by atoms with van der Waals surface area (Å²) in [6.07, 6.45) is 8.81. The third-order valence-corrected chi connectivity index (χ3v) is 3.38. The molecule has 0 bridgehead atoms. The van der Waals surface area contributed by atoms with Crippen molar-refractivity contribution in [1.29, 1.82) is 0 Å². The lowest BCUT2D eigenvalue weighted by Gasteiger charge is -2.37. The van der Waals surface area contributed by atoms with Crippen LogP contribution in [0.25, 0.3) is 0 Å². The van der Waals surface area contributed by atoms with E-state index in [1.54, 1.807) is 0 Å². The molecular weight excluding hydrogens is 188 g/mol. The number of hydrogen-bond donors (Lipinski definition) is 1. The van der Waals surface area contributed by atoms with Crippen LogP contribution in [0, 0.1) is 0 Å². The molecule has 2 atom stereocenters. The Kier molecular flexibility index (Phi) is 5.62. The van der Waals surface area contributed by atoms with Gasteiger partial charge in [0.25, 0.3) is 0 Å². The van der Waals surface area contributed by atoms with E-state index in [0.29, 0.717) is 6.10 Å². The second kappa shape index (κ2) is 6.49. The fraction of sp³-hybridized carbons (Fsp3) is 1.00. The summed E-state index contributed by atoms with van der Waals surface area (Å²) in [5, 5.41) is 10.4. The van der Waals surface area contributed by atoms with Crippen molar-refractivity contribution >= 4 is 0 Å². The summed E-state index contributed by atoms with van der Waals surface area (Å²) in [6.45, 7) is 5.12. The zero-order valence-corrected chi connectivity index (χ0v) is 10.3. The van der Waals surface area contributed by atoms with Gasteiger partial charge in [-0.05, 0) is 19.3 Å². The molecule has 0 saturated carbocycles. The van der Waals surface area contributed by atoms with Gasteiger partial charge in [-0.2, -0.15) is 0 Å². The molecule has 1 saturated heterocycles. The zero-order chi connectivity index (χ0) is 11.1. The Hall–Kier alpha value is -0.0800. The van der Waals surface area contributed by atoms with Gasteiger partial charge in [0.05, 0.1) is 11.7 Å². The van der Waals surface area contributed by atoms with Crippen LogP contribution < -0.4 is 0 Å². The second-order valence-corrected chi connectivity index (χ2v) is 4.92. The first-order valence-electron chi connectivity index (χ1n) is 6.54. The number of rotatable bonds is 6. The van der Waals surface area contributed by atoms with Crippen molar-refractivity contribution in [3.05, 3.63) is 0 Å². The maximum Gasteiger partial charge on any atom is 0.0694 e. The Balaban J connectivity index is 2.31. The molecule has 0 radical (unpaired) electrons. The largest absolute Gasteiger partial charge is 0.390 e. The first-order chi connectivity index (χ1) is 7.20. The summed E-state index contributed by atoms with van der Waals surface area (Å²) in [5.74, 6) is 0. The van der Waals surface area contributed by atoms with Gasteiger partial charge in [0.1, 0.15) is 0 Å². The average molecular weight is 214 g/mol. The lowest BCUT2D eigenvalue weighted by atomic mass is 9.84. The maximum atomic E-state index is 10.4. The molecule has 0 aromatic carbocycles. The van der Waals surface area contributed by atoms with Crippen molar-refractivity contribution in [2.24, 2.45) is 0 Å². The van der Waals surface area contributed by atoms with Crippen molar-refractivity contribution in [3.63, 3.8) is 0 Å². The minimum absolute atomic E-state index is 0.301. The molecule has 1 aliphatic heterocycles. The highest BCUT2D eigenvalue weighted by atomic mass is 16.5. The van der Waals surface area contributed by atoms with Crippen LogP contribution in [0.5, 0.6) is 0 Å². The molecule has 0 aromatic rings. The predicted molar refractivity (Wildman–Crippen MR) is 63.0 cm³/mol. The molecule has 1 heterocycles. The van der Waals surface area contributed by atoms with Crippen LogP contribution in [0.2, 0.25) is 0 Å². The van der Waals surface area contributed by atoms with Crippen LogP contribution in [-0.2, 0) is 4.74 Å².